The predicted molar refractivity (Wildman–Crippen MR) is 103 cm³/mol. The van der Waals surface area contributed by atoms with Gasteiger partial charge in [0.2, 0.25) is 0 Å². The Morgan fingerprint density at radius 1 is 1.04 bits per heavy atom. The summed E-state index contributed by atoms with van der Waals surface area (Å²) in [5, 5.41) is 0. The van der Waals surface area contributed by atoms with E-state index in [-0.39, 0.29) is 35.2 Å². The molecule has 0 heterocycles. The van der Waals surface area contributed by atoms with Gasteiger partial charge in [-0.05, 0) is 74.0 Å². The molecule has 0 radical (unpaired) electrons. The number of esters is 2. The van der Waals surface area contributed by atoms with Crippen molar-refractivity contribution in [1.29, 1.82) is 0 Å². The number of hydrogen-bond donors (Lipinski definition) is 0. The maximum absolute atomic E-state index is 13.4. The van der Waals surface area contributed by atoms with Gasteiger partial charge in [0.25, 0.3) is 0 Å². The summed E-state index contributed by atoms with van der Waals surface area (Å²) in [5.74, 6) is 1.32. The number of hydrogen-bond acceptors (Lipinski definition) is 5. The molecular formula is C23H34O5. The van der Waals surface area contributed by atoms with Gasteiger partial charge in [-0.1, -0.05) is 13.8 Å². The minimum absolute atomic E-state index is 0.0341. The predicted octanol–water partition coefficient (Wildman–Crippen LogP) is 3.93. The molecule has 0 N–H and O–H groups in total. The molecule has 0 unspecified atom stereocenters. The van der Waals surface area contributed by atoms with E-state index >= 15 is 0 Å². The molecule has 4 aliphatic rings. The van der Waals surface area contributed by atoms with E-state index in [2.05, 4.69) is 6.92 Å². The Balaban J connectivity index is 1.58. The van der Waals surface area contributed by atoms with Crippen molar-refractivity contribution in [2.75, 3.05) is 7.11 Å². The first-order chi connectivity index (χ1) is 13.2. The van der Waals surface area contributed by atoms with Crippen molar-refractivity contribution >= 4 is 17.7 Å². The van der Waals surface area contributed by atoms with Crippen LogP contribution in [0.5, 0.6) is 0 Å². The maximum atomic E-state index is 13.4. The molecule has 4 rings (SSSR count). The van der Waals surface area contributed by atoms with Gasteiger partial charge >= 0.3 is 11.9 Å². The average molecular weight is 391 g/mol. The molecule has 4 saturated carbocycles. The molecule has 156 valence electrons. The van der Waals surface area contributed by atoms with Gasteiger partial charge in [-0.15, -0.1) is 0 Å². The fraction of sp³-hybridized carbons (Fsp3) is 0.870. The second-order valence-corrected chi connectivity index (χ2v) is 10.2. The molecule has 0 aromatic carbocycles. The summed E-state index contributed by atoms with van der Waals surface area (Å²) in [7, 11) is 1.43. The SMILES string of the molecule is COC(=O)[C@H]1CC[C@H]2[C@@H]3CC[C@@H]4C[C@@H](OC(C)=O)CC[C@]4(C)[C@H]3CC(=O)[C@]12C. The van der Waals surface area contributed by atoms with Crippen molar-refractivity contribution in [1.82, 2.24) is 0 Å². The molecule has 0 aromatic heterocycles. The molecule has 28 heavy (non-hydrogen) atoms. The van der Waals surface area contributed by atoms with Crippen LogP contribution in [0.3, 0.4) is 0 Å². The van der Waals surface area contributed by atoms with Crippen LogP contribution in [0.4, 0.5) is 0 Å². The number of ether oxygens (including phenoxy) is 2. The first kappa shape index (κ1) is 19.9. The van der Waals surface area contributed by atoms with Crippen LogP contribution in [0.15, 0.2) is 0 Å². The smallest absolute Gasteiger partial charge is 0.309 e. The van der Waals surface area contributed by atoms with E-state index in [1.165, 1.54) is 14.0 Å². The summed E-state index contributed by atoms with van der Waals surface area (Å²) in [6.07, 6.45) is 7.48. The van der Waals surface area contributed by atoms with Gasteiger partial charge in [0.05, 0.1) is 13.0 Å². The van der Waals surface area contributed by atoms with Crippen molar-refractivity contribution in [2.45, 2.75) is 78.2 Å². The zero-order valence-electron chi connectivity index (χ0n) is 17.7. The minimum atomic E-state index is -0.549. The van der Waals surface area contributed by atoms with E-state index in [0.717, 1.165) is 44.9 Å². The van der Waals surface area contributed by atoms with E-state index in [1.807, 2.05) is 6.92 Å². The number of methoxy groups -OCH3 is 1. The van der Waals surface area contributed by atoms with E-state index in [4.69, 9.17) is 9.47 Å². The second-order valence-electron chi connectivity index (χ2n) is 10.2. The van der Waals surface area contributed by atoms with E-state index in [0.29, 0.717) is 30.1 Å². The maximum Gasteiger partial charge on any atom is 0.309 e. The number of carbonyl (C=O) groups excluding carboxylic acids is 3. The Morgan fingerprint density at radius 3 is 2.46 bits per heavy atom. The van der Waals surface area contributed by atoms with Crippen LogP contribution in [-0.4, -0.2) is 30.9 Å². The monoisotopic (exact) mass is 390 g/mol. The van der Waals surface area contributed by atoms with Crippen molar-refractivity contribution in [3.63, 3.8) is 0 Å². The highest BCUT2D eigenvalue weighted by atomic mass is 16.5. The van der Waals surface area contributed by atoms with Crippen molar-refractivity contribution in [2.24, 2.45) is 40.4 Å². The topological polar surface area (TPSA) is 69.7 Å². The van der Waals surface area contributed by atoms with E-state index < -0.39 is 5.41 Å². The molecule has 8 atom stereocenters. The van der Waals surface area contributed by atoms with E-state index in [1.54, 1.807) is 0 Å². The highest BCUT2D eigenvalue weighted by Crippen LogP contribution is 2.66. The third kappa shape index (κ3) is 2.75. The largest absolute Gasteiger partial charge is 0.469 e. The van der Waals surface area contributed by atoms with Crippen LogP contribution in [0.1, 0.15) is 72.1 Å². The van der Waals surface area contributed by atoms with Crippen LogP contribution in [0, 0.1) is 40.4 Å². The molecule has 0 saturated heterocycles. The number of ketones is 1. The Morgan fingerprint density at radius 2 is 1.79 bits per heavy atom. The van der Waals surface area contributed by atoms with E-state index in [9.17, 15) is 14.4 Å². The summed E-state index contributed by atoms with van der Waals surface area (Å²) in [5.41, 5.74) is -0.410. The third-order valence-corrected chi connectivity index (χ3v) is 9.30. The van der Waals surface area contributed by atoms with Gasteiger partial charge < -0.3 is 9.47 Å². The Hall–Kier alpha value is -1.39. The Kier molecular flexibility index (Phi) is 4.86. The number of Topliss-reactive ketones (excluding diaryl/α,β-unsaturated/α-hetero) is 1. The minimum Gasteiger partial charge on any atom is -0.469 e. The molecule has 5 nitrogen and oxygen atoms in total. The standard InChI is InChI=1S/C23H34O5/c1-13(24)28-15-9-10-22(2)14(11-15)5-6-16-17-7-8-18(21(26)27-4)23(17,3)20(25)12-19(16)22/h14-19H,5-12H2,1-4H3/t14-,15+,16+,17+,18-,19+,22+,23+/m1/s1. The van der Waals surface area contributed by atoms with Crippen LogP contribution in [0.25, 0.3) is 0 Å². The lowest BCUT2D eigenvalue weighted by atomic mass is 9.44. The fourth-order valence-electron chi connectivity index (χ4n) is 7.80. The first-order valence-corrected chi connectivity index (χ1v) is 11.0. The van der Waals surface area contributed by atoms with Gasteiger partial charge in [0.15, 0.2) is 0 Å². The molecule has 0 aromatic rings. The van der Waals surface area contributed by atoms with Crippen molar-refractivity contribution < 1.29 is 23.9 Å². The second kappa shape index (κ2) is 6.84. The third-order valence-electron chi connectivity index (χ3n) is 9.30. The van der Waals surface area contributed by atoms with Crippen LogP contribution in [-0.2, 0) is 23.9 Å². The summed E-state index contributed by atoms with van der Waals surface area (Å²) in [6, 6.07) is 0. The molecule has 0 bridgehead atoms. The first-order valence-electron chi connectivity index (χ1n) is 11.0. The molecule has 4 fully saturated rings. The highest BCUT2D eigenvalue weighted by Gasteiger charge is 2.65. The van der Waals surface area contributed by atoms with Gasteiger partial charge in [0, 0.05) is 18.8 Å². The number of rotatable bonds is 2. The summed E-state index contributed by atoms with van der Waals surface area (Å²) >= 11 is 0. The van der Waals surface area contributed by atoms with Crippen molar-refractivity contribution in [3.8, 4) is 0 Å². The normalized spacial score (nSPS) is 47.5. The summed E-state index contributed by atoms with van der Waals surface area (Å²) < 4.78 is 10.6. The summed E-state index contributed by atoms with van der Waals surface area (Å²) in [6.45, 7) is 5.90. The molecular weight excluding hydrogens is 356 g/mol. The van der Waals surface area contributed by atoms with Gasteiger partial charge in [-0.3, -0.25) is 14.4 Å². The fourth-order valence-corrected chi connectivity index (χ4v) is 7.80. The lowest BCUT2D eigenvalue weighted by Crippen LogP contribution is -2.57. The van der Waals surface area contributed by atoms with Crippen LogP contribution in [0.2, 0.25) is 0 Å². The van der Waals surface area contributed by atoms with Gasteiger partial charge in [-0.25, -0.2) is 0 Å². The van der Waals surface area contributed by atoms with Gasteiger partial charge in [0.1, 0.15) is 11.9 Å². The summed E-state index contributed by atoms with van der Waals surface area (Å²) in [4.78, 5) is 37.2. The number of fused-ring (bicyclic) bond motifs is 5. The highest BCUT2D eigenvalue weighted by molar-refractivity contribution is 5.92. The Labute approximate surface area is 167 Å². The quantitative estimate of drug-likeness (QED) is 0.668. The lowest BCUT2D eigenvalue weighted by molar-refractivity contribution is -0.171. The van der Waals surface area contributed by atoms with Gasteiger partial charge in [-0.2, -0.15) is 0 Å². The zero-order valence-corrected chi connectivity index (χ0v) is 17.7. The molecule has 5 heteroatoms. The Bertz CT molecular complexity index is 686. The molecule has 0 spiro atoms. The molecule has 0 aliphatic heterocycles. The van der Waals surface area contributed by atoms with Crippen LogP contribution < -0.4 is 0 Å². The zero-order chi connectivity index (χ0) is 20.3. The average Bonchev–Trinajstić information content (AvgIpc) is 3.01. The molecule has 4 aliphatic carbocycles. The van der Waals surface area contributed by atoms with Crippen LogP contribution >= 0.6 is 0 Å². The number of carbonyl (C=O) groups is 3. The molecule has 0 amide bonds. The lowest BCUT2D eigenvalue weighted by Gasteiger charge is -2.60. The van der Waals surface area contributed by atoms with Crippen molar-refractivity contribution in [3.05, 3.63) is 0 Å².